The van der Waals surface area contributed by atoms with Crippen molar-refractivity contribution >= 4 is 17.8 Å². The molecular weight excluding hydrogens is 502 g/mol. The lowest BCUT2D eigenvalue weighted by Gasteiger charge is -2.17. The summed E-state index contributed by atoms with van der Waals surface area (Å²) in [6, 6.07) is 0. The van der Waals surface area contributed by atoms with Crippen molar-refractivity contribution in [1.29, 1.82) is 0 Å². The summed E-state index contributed by atoms with van der Waals surface area (Å²) in [4.78, 5) is 34.5. The Morgan fingerprint density at radius 1 is 0.675 bits per heavy atom. The standard InChI is InChI=1S/C34H55NO5/c1-3-5-7-9-10-11-12-13-14-15-16-17-18-19-25-29-34(39)40-31(26-22-8-6-4-2)27-23-20-21-24-28-32(36)35-30-33(37)38/h5,7,10-11,13-14,16-17,19,25,31H,3-4,6,8-9,12,15,18,20-24,26-30H2,1-2H3,(H,35,36)(H,37,38)/b7-5-,11-10-,14-13-,17-16-,25-19-. The Labute approximate surface area is 243 Å². The highest BCUT2D eigenvalue weighted by atomic mass is 16.5. The van der Waals surface area contributed by atoms with Crippen molar-refractivity contribution in [3.63, 3.8) is 0 Å². The maximum Gasteiger partial charge on any atom is 0.322 e. The molecule has 0 rings (SSSR count). The Morgan fingerprint density at radius 3 is 1.70 bits per heavy atom. The highest BCUT2D eigenvalue weighted by Gasteiger charge is 2.13. The second-order valence-corrected chi connectivity index (χ2v) is 10.00. The van der Waals surface area contributed by atoms with Crippen LogP contribution in [0, 0.1) is 0 Å². The van der Waals surface area contributed by atoms with Gasteiger partial charge in [0, 0.05) is 6.42 Å². The summed E-state index contributed by atoms with van der Waals surface area (Å²) >= 11 is 0. The third kappa shape index (κ3) is 28.1. The van der Waals surface area contributed by atoms with Crippen LogP contribution in [0.4, 0.5) is 0 Å². The number of nitrogens with one attached hydrogen (secondary N) is 1. The number of carboxylic acids is 1. The van der Waals surface area contributed by atoms with Gasteiger partial charge in [-0.3, -0.25) is 14.4 Å². The van der Waals surface area contributed by atoms with Gasteiger partial charge < -0.3 is 15.2 Å². The fourth-order valence-electron chi connectivity index (χ4n) is 4.00. The lowest BCUT2D eigenvalue weighted by atomic mass is 10.0. The molecule has 0 aromatic heterocycles. The molecule has 0 saturated heterocycles. The molecule has 0 aromatic carbocycles. The van der Waals surface area contributed by atoms with Gasteiger partial charge in [-0.1, -0.05) is 107 Å². The van der Waals surface area contributed by atoms with E-state index < -0.39 is 5.97 Å². The van der Waals surface area contributed by atoms with Gasteiger partial charge in [-0.15, -0.1) is 0 Å². The highest BCUT2D eigenvalue weighted by molar-refractivity contribution is 5.80. The molecule has 0 heterocycles. The van der Waals surface area contributed by atoms with E-state index in [2.05, 4.69) is 67.8 Å². The smallest absolute Gasteiger partial charge is 0.322 e. The minimum atomic E-state index is -1.03. The molecule has 0 fully saturated rings. The first-order valence-corrected chi connectivity index (χ1v) is 15.4. The summed E-state index contributed by atoms with van der Waals surface area (Å²) < 4.78 is 5.80. The van der Waals surface area contributed by atoms with Gasteiger partial charge in [0.2, 0.25) is 5.91 Å². The lowest BCUT2D eigenvalue weighted by molar-refractivity contribution is -0.148. The molecule has 40 heavy (non-hydrogen) atoms. The van der Waals surface area contributed by atoms with Crippen molar-refractivity contribution in [2.24, 2.45) is 0 Å². The van der Waals surface area contributed by atoms with Gasteiger partial charge >= 0.3 is 11.9 Å². The largest absolute Gasteiger partial charge is 0.480 e. The van der Waals surface area contributed by atoms with Crippen LogP contribution in [0.15, 0.2) is 60.8 Å². The van der Waals surface area contributed by atoms with E-state index in [9.17, 15) is 14.4 Å². The first-order chi connectivity index (χ1) is 19.5. The normalized spacial score (nSPS) is 12.8. The highest BCUT2D eigenvalue weighted by Crippen LogP contribution is 2.17. The zero-order chi connectivity index (χ0) is 29.5. The van der Waals surface area contributed by atoms with Gasteiger partial charge in [0.05, 0.1) is 6.42 Å². The van der Waals surface area contributed by atoms with Crippen LogP contribution in [0.25, 0.3) is 0 Å². The molecule has 1 amide bonds. The molecule has 1 atom stereocenters. The van der Waals surface area contributed by atoms with E-state index in [1.807, 2.05) is 12.2 Å². The maximum atomic E-state index is 12.4. The second kappa shape index (κ2) is 29.1. The summed E-state index contributed by atoms with van der Waals surface area (Å²) in [6.07, 6.45) is 36.5. The first-order valence-electron chi connectivity index (χ1n) is 15.4. The van der Waals surface area contributed by atoms with E-state index in [1.165, 1.54) is 12.8 Å². The maximum absolute atomic E-state index is 12.4. The van der Waals surface area contributed by atoms with E-state index in [1.54, 1.807) is 0 Å². The molecular formula is C34H55NO5. The minimum absolute atomic E-state index is 0.0500. The number of carbonyl (C=O) groups is 3. The van der Waals surface area contributed by atoms with Crippen LogP contribution < -0.4 is 5.32 Å². The number of carboxylic acid groups (broad SMARTS) is 1. The van der Waals surface area contributed by atoms with Gasteiger partial charge in [-0.2, -0.15) is 0 Å². The Hall–Kier alpha value is -2.89. The molecule has 2 N–H and O–H groups in total. The average Bonchev–Trinajstić information content (AvgIpc) is 2.93. The number of hydrogen-bond acceptors (Lipinski definition) is 4. The Morgan fingerprint density at radius 2 is 1.18 bits per heavy atom. The Kier molecular flexibility index (Phi) is 27.0. The fourth-order valence-corrected chi connectivity index (χ4v) is 4.00. The quantitative estimate of drug-likeness (QED) is 0.0631. The number of hydrogen-bond donors (Lipinski definition) is 2. The van der Waals surface area contributed by atoms with Crippen LogP contribution in [-0.4, -0.2) is 35.6 Å². The van der Waals surface area contributed by atoms with Crippen molar-refractivity contribution < 1.29 is 24.2 Å². The SMILES string of the molecule is CC/C=C\C/C=C\C/C=C\C/C=C\C/C=C\CC(=O)OC(CCCCCC)CCCCCCC(=O)NCC(=O)O. The zero-order valence-electron chi connectivity index (χ0n) is 25.2. The van der Waals surface area contributed by atoms with Crippen molar-refractivity contribution in [3.8, 4) is 0 Å². The van der Waals surface area contributed by atoms with E-state index in [-0.39, 0.29) is 24.5 Å². The van der Waals surface area contributed by atoms with Crippen LogP contribution in [0.3, 0.4) is 0 Å². The molecule has 0 saturated carbocycles. The second-order valence-electron chi connectivity index (χ2n) is 10.00. The van der Waals surface area contributed by atoms with Crippen LogP contribution in [-0.2, 0) is 19.1 Å². The summed E-state index contributed by atoms with van der Waals surface area (Å²) in [5.74, 6) is -1.42. The molecule has 1 unspecified atom stereocenters. The summed E-state index contributed by atoms with van der Waals surface area (Å²) in [5.41, 5.74) is 0. The zero-order valence-corrected chi connectivity index (χ0v) is 25.2. The molecule has 0 aromatic rings. The molecule has 0 aliphatic rings. The summed E-state index contributed by atoms with van der Waals surface area (Å²) in [6.45, 7) is 4.00. The fraction of sp³-hybridized carbons (Fsp3) is 0.618. The molecule has 0 bridgehead atoms. The molecule has 6 nitrogen and oxygen atoms in total. The molecule has 0 radical (unpaired) electrons. The lowest BCUT2D eigenvalue weighted by Crippen LogP contribution is -2.28. The van der Waals surface area contributed by atoms with E-state index in [0.29, 0.717) is 12.8 Å². The number of unbranched alkanes of at least 4 members (excludes halogenated alkanes) is 6. The number of carbonyl (C=O) groups excluding carboxylic acids is 2. The molecule has 226 valence electrons. The van der Waals surface area contributed by atoms with Crippen molar-refractivity contribution in [2.45, 2.75) is 129 Å². The monoisotopic (exact) mass is 557 g/mol. The van der Waals surface area contributed by atoms with Gasteiger partial charge in [0.1, 0.15) is 12.6 Å². The third-order valence-electron chi connectivity index (χ3n) is 6.24. The average molecular weight is 558 g/mol. The number of rotatable bonds is 26. The molecule has 6 heteroatoms. The van der Waals surface area contributed by atoms with Gasteiger partial charge in [-0.25, -0.2) is 0 Å². The van der Waals surface area contributed by atoms with Crippen molar-refractivity contribution in [2.75, 3.05) is 6.54 Å². The van der Waals surface area contributed by atoms with Crippen LogP contribution in [0.5, 0.6) is 0 Å². The molecule has 0 aliphatic heterocycles. The predicted octanol–water partition coefficient (Wildman–Crippen LogP) is 8.55. The van der Waals surface area contributed by atoms with Gasteiger partial charge in [-0.05, 0) is 64.2 Å². The van der Waals surface area contributed by atoms with Crippen LogP contribution in [0.2, 0.25) is 0 Å². The number of esters is 1. The molecule has 0 spiro atoms. The predicted molar refractivity (Wildman–Crippen MR) is 166 cm³/mol. The Balaban J connectivity index is 4.16. The number of allylic oxidation sites excluding steroid dienone is 9. The van der Waals surface area contributed by atoms with Crippen LogP contribution in [0.1, 0.15) is 123 Å². The molecule has 0 aliphatic carbocycles. The topological polar surface area (TPSA) is 92.7 Å². The van der Waals surface area contributed by atoms with Crippen LogP contribution >= 0.6 is 0 Å². The minimum Gasteiger partial charge on any atom is -0.480 e. The number of aliphatic carboxylic acids is 1. The van der Waals surface area contributed by atoms with Gasteiger partial charge in [0.15, 0.2) is 0 Å². The third-order valence-corrected chi connectivity index (χ3v) is 6.24. The number of ether oxygens (including phenoxy) is 1. The van der Waals surface area contributed by atoms with Crippen molar-refractivity contribution in [1.82, 2.24) is 5.32 Å². The van der Waals surface area contributed by atoms with Crippen molar-refractivity contribution in [3.05, 3.63) is 60.8 Å². The van der Waals surface area contributed by atoms with E-state index in [0.717, 1.165) is 83.5 Å². The summed E-state index contributed by atoms with van der Waals surface area (Å²) in [7, 11) is 0. The summed E-state index contributed by atoms with van der Waals surface area (Å²) in [5, 5.41) is 11.0. The van der Waals surface area contributed by atoms with E-state index in [4.69, 9.17) is 9.84 Å². The first kappa shape index (κ1) is 37.1. The Bertz CT molecular complexity index is 794. The number of amides is 1. The van der Waals surface area contributed by atoms with E-state index >= 15 is 0 Å². The van der Waals surface area contributed by atoms with Gasteiger partial charge in [0.25, 0.3) is 0 Å².